The van der Waals surface area contributed by atoms with E-state index < -0.39 is 5.97 Å². The van der Waals surface area contributed by atoms with Gasteiger partial charge < -0.3 is 15.8 Å². The molecule has 2 aromatic carbocycles. The number of esters is 1. The highest BCUT2D eigenvalue weighted by molar-refractivity contribution is 5.92. The van der Waals surface area contributed by atoms with Crippen LogP contribution in [-0.4, -0.2) is 13.1 Å². The van der Waals surface area contributed by atoms with Crippen molar-refractivity contribution in [2.24, 2.45) is 0 Å². The third-order valence-corrected chi connectivity index (χ3v) is 3.13. The summed E-state index contributed by atoms with van der Waals surface area (Å²) in [6.45, 7) is 1.86. The molecule has 2 rings (SSSR count). The van der Waals surface area contributed by atoms with Crippen LogP contribution < -0.4 is 11.1 Å². The second-order valence-electron chi connectivity index (χ2n) is 4.53. The number of methoxy groups -OCH3 is 1. The van der Waals surface area contributed by atoms with Crippen molar-refractivity contribution in [1.82, 2.24) is 0 Å². The Morgan fingerprint density at radius 2 is 2.05 bits per heavy atom. The first-order valence-electron chi connectivity index (χ1n) is 6.31. The maximum absolute atomic E-state index is 11.6. The SMILES string of the molecule is COC(=O)c1ccc(N)c(Nc2cccc(C)c2C#N)c1. The Labute approximate surface area is 123 Å². The molecule has 5 heteroatoms. The second-order valence-corrected chi connectivity index (χ2v) is 4.53. The molecule has 0 saturated carbocycles. The van der Waals surface area contributed by atoms with Gasteiger partial charge in [0.05, 0.1) is 35.3 Å². The molecule has 3 N–H and O–H groups in total. The summed E-state index contributed by atoms with van der Waals surface area (Å²) < 4.78 is 4.69. The minimum atomic E-state index is -0.442. The predicted octanol–water partition coefficient (Wildman–Crippen LogP) is 2.98. The number of nitrogen functional groups attached to an aromatic ring is 1. The van der Waals surface area contributed by atoms with Crippen LogP contribution >= 0.6 is 0 Å². The van der Waals surface area contributed by atoms with E-state index in [4.69, 9.17) is 5.73 Å². The molecule has 21 heavy (non-hydrogen) atoms. The lowest BCUT2D eigenvalue weighted by Crippen LogP contribution is -2.04. The van der Waals surface area contributed by atoms with Gasteiger partial charge in [-0.15, -0.1) is 0 Å². The number of nitrogens with zero attached hydrogens (tertiary/aromatic N) is 1. The zero-order chi connectivity index (χ0) is 15.4. The van der Waals surface area contributed by atoms with Crippen molar-refractivity contribution in [2.45, 2.75) is 6.92 Å². The summed E-state index contributed by atoms with van der Waals surface area (Å²) in [7, 11) is 1.32. The Hall–Kier alpha value is -3.00. The van der Waals surface area contributed by atoms with Gasteiger partial charge in [0.1, 0.15) is 6.07 Å². The molecular weight excluding hydrogens is 266 g/mol. The highest BCUT2D eigenvalue weighted by Gasteiger charge is 2.11. The van der Waals surface area contributed by atoms with Gasteiger partial charge in [-0.05, 0) is 36.8 Å². The van der Waals surface area contributed by atoms with Crippen LogP contribution in [0.3, 0.4) is 0 Å². The first-order valence-corrected chi connectivity index (χ1v) is 6.31. The number of anilines is 3. The van der Waals surface area contributed by atoms with Crippen molar-refractivity contribution in [1.29, 1.82) is 5.26 Å². The number of hydrogen-bond donors (Lipinski definition) is 2. The zero-order valence-corrected chi connectivity index (χ0v) is 11.8. The molecule has 0 aliphatic heterocycles. The fraction of sp³-hybridized carbons (Fsp3) is 0.125. The largest absolute Gasteiger partial charge is 0.465 e. The molecule has 0 amide bonds. The number of nitrogens with one attached hydrogen (secondary N) is 1. The molecule has 2 aromatic rings. The molecule has 0 radical (unpaired) electrons. The third kappa shape index (κ3) is 2.95. The van der Waals surface area contributed by atoms with Gasteiger partial charge in [-0.2, -0.15) is 5.26 Å². The van der Waals surface area contributed by atoms with Gasteiger partial charge in [0.25, 0.3) is 0 Å². The average Bonchev–Trinajstić information content (AvgIpc) is 2.49. The van der Waals surface area contributed by atoms with E-state index in [-0.39, 0.29) is 0 Å². The van der Waals surface area contributed by atoms with Crippen molar-refractivity contribution >= 4 is 23.0 Å². The number of rotatable bonds is 3. The summed E-state index contributed by atoms with van der Waals surface area (Å²) in [5.74, 6) is -0.442. The van der Waals surface area contributed by atoms with E-state index in [0.29, 0.717) is 28.2 Å². The topological polar surface area (TPSA) is 88.1 Å². The minimum absolute atomic E-state index is 0.389. The van der Waals surface area contributed by atoms with Crippen molar-refractivity contribution in [3.8, 4) is 6.07 Å². The Bertz CT molecular complexity index is 733. The number of carbonyl (C=O) groups excluding carboxylic acids is 1. The molecule has 0 heterocycles. The molecule has 0 aliphatic carbocycles. The van der Waals surface area contributed by atoms with Crippen molar-refractivity contribution < 1.29 is 9.53 Å². The minimum Gasteiger partial charge on any atom is -0.465 e. The molecular formula is C16H15N3O2. The Morgan fingerprint density at radius 1 is 1.29 bits per heavy atom. The number of carbonyl (C=O) groups is 1. The lowest BCUT2D eigenvalue weighted by Gasteiger charge is -2.13. The zero-order valence-electron chi connectivity index (χ0n) is 11.8. The van der Waals surface area contributed by atoms with Gasteiger partial charge in [0.2, 0.25) is 0 Å². The lowest BCUT2D eigenvalue weighted by atomic mass is 10.1. The van der Waals surface area contributed by atoms with Crippen LogP contribution in [0.25, 0.3) is 0 Å². The van der Waals surface area contributed by atoms with Crippen LogP contribution in [-0.2, 0) is 4.74 Å². The molecule has 0 aromatic heterocycles. The summed E-state index contributed by atoms with van der Waals surface area (Å²) in [6.07, 6.45) is 0. The van der Waals surface area contributed by atoms with Crippen LogP contribution in [0, 0.1) is 18.3 Å². The maximum Gasteiger partial charge on any atom is 0.337 e. The average molecular weight is 281 g/mol. The number of aryl methyl sites for hydroxylation is 1. The number of benzene rings is 2. The number of nitrogens with two attached hydrogens (primary N) is 1. The van der Waals surface area contributed by atoms with E-state index >= 15 is 0 Å². The summed E-state index contributed by atoms with van der Waals surface area (Å²) >= 11 is 0. The summed E-state index contributed by atoms with van der Waals surface area (Å²) in [6, 6.07) is 12.5. The van der Waals surface area contributed by atoms with Gasteiger partial charge in [0.15, 0.2) is 0 Å². The van der Waals surface area contributed by atoms with Crippen LogP contribution in [0.15, 0.2) is 36.4 Å². The maximum atomic E-state index is 11.6. The van der Waals surface area contributed by atoms with Crippen LogP contribution in [0.1, 0.15) is 21.5 Å². The number of hydrogen-bond acceptors (Lipinski definition) is 5. The van der Waals surface area contributed by atoms with Crippen LogP contribution in [0.5, 0.6) is 0 Å². The molecule has 0 bridgehead atoms. The summed E-state index contributed by atoms with van der Waals surface area (Å²) in [4.78, 5) is 11.6. The lowest BCUT2D eigenvalue weighted by molar-refractivity contribution is 0.0601. The number of ether oxygens (including phenoxy) is 1. The molecule has 0 fully saturated rings. The van der Waals surface area contributed by atoms with E-state index in [1.54, 1.807) is 24.3 Å². The first kappa shape index (κ1) is 14.4. The van der Waals surface area contributed by atoms with E-state index in [9.17, 15) is 10.1 Å². The van der Waals surface area contributed by atoms with Crippen LogP contribution in [0.2, 0.25) is 0 Å². The Kier molecular flexibility index (Phi) is 4.10. The van der Waals surface area contributed by atoms with Gasteiger partial charge in [0, 0.05) is 0 Å². The van der Waals surface area contributed by atoms with E-state index in [1.807, 2.05) is 19.1 Å². The molecule has 0 atom stereocenters. The molecule has 106 valence electrons. The monoisotopic (exact) mass is 281 g/mol. The standard InChI is InChI=1S/C16H15N3O2/c1-10-4-3-5-14(12(10)9-17)19-15-8-11(16(20)21-2)6-7-13(15)18/h3-8,19H,18H2,1-2H3. The van der Waals surface area contributed by atoms with Gasteiger partial charge in [-0.1, -0.05) is 12.1 Å². The van der Waals surface area contributed by atoms with Gasteiger partial charge in [-0.3, -0.25) is 0 Å². The third-order valence-electron chi connectivity index (χ3n) is 3.13. The smallest absolute Gasteiger partial charge is 0.337 e. The van der Waals surface area contributed by atoms with E-state index in [1.165, 1.54) is 7.11 Å². The fourth-order valence-electron chi connectivity index (χ4n) is 1.97. The summed E-state index contributed by atoms with van der Waals surface area (Å²) in [5.41, 5.74) is 9.39. The van der Waals surface area contributed by atoms with Crippen LogP contribution in [0.4, 0.5) is 17.1 Å². The quantitative estimate of drug-likeness (QED) is 0.667. The normalized spacial score (nSPS) is 9.76. The summed E-state index contributed by atoms with van der Waals surface area (Å²) in [5, 5.41) is 12.3. The predicted molar refractivity (Wildman–Crippen MR) is 81.4 cm³/mol. The molecule has 0 spiro atoms. The van der Waals surface area contributed by atoms with Gasteiger partial charge in [-0.25, -0.2) is 4.79 Å². The fourth-order valence-corrected chi connectivity index (χ4v) is 1.97. The molecule has 0 aliphatic rings. The van der Waals surface area contributed by atoms with E-state index in [2.05, 4.69) is 16.1 Å². The Morgan fingerprint density at radius 3 is 2.71 bits per heavy atom. The molecule has 0 unspecified atom stereocenters. The first-order chi connectivity index (χ1) is 10.1. The van der Waals surface area contributed by atoms with Gasteiger partial charge >= 0.3 is 5.97 Å². The highest BCUT2D eigenvalue weighted by atomic mass is 16.5. The molecule has 5 nitrogen and oxygen atoms in total. The second kappa shape index (κ2) is 5.97. The van der Waals surface area contributed by atoms with Crippen molar-refractivity contribution in [2.75, 3.05) is 18.2 Å². The Balaban J connectivity index is 2.43. The van der Waals surface area contributed by atoms with Crippen molar-refractivity contribution in [3.05, 3.63) is 53.1 Å². The van der Waals surface area contributed by atoms with E-state index in [0.717, 1.165) is 5.56 Å². The van der Waals surface area contributed by atoms with Crippen molar-refractivity contribution in [3.63, 3.8) is 0 Å². The number of nitriles is 1. The highest BCUT2D eigenvalue weighted by Crippen LogP contribution is 2.27. The molecule has 0 saturated heterocycles.